The number of hydrogen-bond donors (Lipinski definition) is 11. The molecule has 0 aliphatic carbocycles. The van der Waals surface area contributed by atoms with E-state index in [-0.39, 0.29) is 30.3 Å². The zero-order valence-corrected chi connectivity index (χ0v) is 28.9. The third-order valence-electron chi connectivity index (χ3n) is 9.26. The second kappa shape index (κ2) is 18.4. The highest BCUT2D eigenvalue weighted by Gasteiger charge is 2.53. The van der Waals surface area contributed by atoms with Crippen molar-refractivity contribution >= 4 is 12.0 Å². The number of phenols is 3. The van der Waals surface area contributed by atoms with Crippen LogP contribution in [0.25, 0.3) is 6.08 Å². The van der Waals surface area contributed by atoms with E-state index in [1.54, 1.807) is 0 Å². The number of aromatic hydroxyl groups is 3. The van der Waals surface area contributed by atoms with Gasteiger partial charge in [-0.1, -0.05) is 18.2 Å². The maximum Gasteiger partial charge on any atom is 0.331 e. The van der Waals surface area contributed by atoms with Crippen LogP contribution in [0.5, 0.6) is 17.2 Å². The molecule has 0 radical (unpaired) electrons. The van der Waals surface area contributed by atoms with E-state index in [1.165, 1.54) is 55.5 Å². The lowest BCUT2D eigenvalue weighted by Gasteiger charge is -2.47. The van der Waals surface area contributed by atoms with Crippen LogP contribution in [-0.4, -0.2) is 174 Å². The number of ether oxygens (including phenoxy) is 7. The molecular weight excluding hydrogens is 724 g/mol. The molecule has 0 amide bonds. The Morgan fingerprint density at radius 3 is 2.04 bits per heavy atom. The zero-order valence-electron chi connectivity index (χ0n) is 28.9. The molecule has 2 aromatic rings. The maximum absolute atomic E-state index is 13.3. The second-order valence-electron chi connectivity index (χ2n) is 13.1. The van der Waals surface area contributed by atoms with Gasteiger partial charge in [0.1, 0.15) is 66.8 Å². The van der Waals surface area contributed by atoms with Crippen LogP contribution >= 0.6 is 0 Å². The first-order valence-electron chi connectivity index (χ1n) is 17.1. The van der Waals surface area contributed by atoms with E-state index in [9.17, 15) is 61.0 Å². The van der Waals surface area contributed by atoms with E-state index in [4.69, 9.17) is 33.2 Å². The number of benzene rings is 2. The van der Waals surface area contributed by atoms with Crippen LogP contribution in [0.2, 0.25) is 0 Å². The van der Waals surface area contributed by atoms with Gasteiger partial charge >= 0.3 is 5.97 Å². The molecule has 3 fully saturated rings. The Morgan fingerprint density at radius 2 is 1.35 bits per heavy atom. The summed E-state index contributed by atoms with van der Waals surface area (Å²) in [6.07, 6.45) is -21.9. The van der Waals surface area contributed by atoms with Crippen LogP contribution in [-0.2, 0) is 44.4 Å². The summed E-state index contributed by atoms with van der Waals surface area (Å²) in [4.78, 5) is 13.3. The predicted molar refractivity (Wildman–Crippen MR) is 178 cm³/mol. The highest BCUT2D eigenvalue weighted by molar-refractivity contribution is 5.87. The largest absolute Gasteiger partial charge is 0.508 e. The van der Waals surface area contributed by atoms with Gasteiger partial charge in [-0.15, -0.1) is 0 Å². The first-order valence-corrected chi connectivity index (χ1v) is 17.1. The average molecular weight is 771 g/mol. The minimum atomic E-state index is -1.86. The summed E-state index contributed by atoms with van der Waals surface area (Å²) >= 11 is 0. The van der Waals surface area contributed by atoms with Crippen molar-refractivity contribution in [1.29, 1.82) is 0 Å². The van der Waals surface area contributed by atoms with Gasteiger partial charge in [0.15, 0.2) is 36.5 Å². The van der Waals surface area contributed by atoms with Crippen molar-refractivity contribution in [1.82, 2.24) is 0 Å². The lowest BCUT2D eigenvalue weighted by molar-refractivity contribution is -0.364. The van der Waals surface area contributed by atoms with Crippen LogP contribution in [0.1, 0.15) is 18.1 Å². The maximum atomic E-state index is 13.3. The molecule has 2 aromatic carbocycles. The number of carbonyl (C=O) groups is 1. The highest BCUT2D eigenvalue weighted by atomic mass is 16.8. The predicted octanol–water partition coefficient (Wildman–Crippen LogP) is -2.90. The van der Waals surface area contributed by atoms with Crippen molar-refractivity contribution in [3.05, 3.63) is 59.7 Å². The Balaban J connectivity index is 1.43. The molecule has 15 atom stereocenters. The number of carbonyl (C=O) groups excluding carboxylic acids is 1. The summed E-state index contributed by atoms with van der Waals surface area (Å²) in [6.45, 7) is -0.167. The first kappa shape index (κ1) is 41.6. The van der Waals surface area contributed by atoms with E-state index in [2.05, 4.69) is 0 Å². The fourth-order valence-corrected chi connectivity index (χ4v) is 6.08. The lowest BCUT2D eigenvalue weighted by Crippen LogP contribution is -2.65. The van der Waals surface area contributed by atoms with E-state index in [1.807, 2.05) is 0 Å². The van der Waals surface area contributed by atoms with E-state index in [0.29, 0.717) is 11.1 Å². The van der Waals surface area contributed by atoms with Gasteiger partial charge in [-0.25, -0.2) is 4.79 Å². The molecule has 0 bridgehead atoms. The third-order valence-corrected chi connectivity index (χ3v) is 9.26. The Hall–Kier alpha value is -3.51. The lowest BCUT2D eigenvalue weighted by atomic mass is 9.96. The fourth-order valence-electron chi connectivity index (χ4n) is 6.08. The molecule has 3 heterocycles. The topological polar surface area (TPSA) is 304 Å². The van der Waals surface area contributed by atoms with Gasteiger partial charge in [0.25, 0.3) is 0 Å². The van der Waals surface area contributed by atoms with E-state index in [0.717, 1.165) is 6.08 Å². The van der Waals surface area contributed by atoms with Crippen molar-refractivity contribution < 1.29 is 94.1 Å². The smallest absolute Gasteiger partial charge is 0.331 e. The van der Waals surface area contributed by atoms with Crippen molar-refractivity contribution in [3.63, 3.8) is 0 Å². The normalized spacial score (nSPS) is 37.3. The molecule has 0 aromatic heterocycles. The Labute approximate surface area is 308 Å². The molecule has 300 valence electrons. The number of aliphatic hydroxyl groups excluding tert-OH is 8. The summed E-state index contributed by atoms with van der Waals surface area (Å²) in [7, 11) is 0. The van der Waals surface area contributed by atoms with Crippen LogP contribution in [0.15, 0.2) is 48.5 Å². The molecule has 3 aliphatic rings. The molecule has 5 rings (SSSR count). The number of aliphatic hydroxyl groups is 8. The number of hydrogen-bond acceptors (Lipinski definition) is 19. The van der Waals surface area contributed by atoms with Crippen LogP contribution < -0.4 is 0 Å². The van der Waals surface area contributed by atoms with E-state index >= 15 is 0 Å². The van der Waals surface area contributed by atoms with Crippen molar-refractivity contribution in [2.75, 3.05) is 19.8 Å². The molecule has 0 saturated carbocycles. The monoisotopic (exact) mass is 770 g/mol. The van der Waals surface area contributed by atoms with Crippen molar-refractivity contribution in [3.8, 4) is 17.2 Å². The van der Waals surface area contributed by atoms with Crippen LogP contribution in [0.3, 0.4) is 0 Å². The molecule has 3 saturated heterocycles. The van der Waals surface area contributed by atoms with Crippen LogP contribution in [0.4, 0.5) is 0 Å². The molecule has 11 N–H and O–H groups in total. The van der Waals surface area contributed by atoms with Gasteiger partial charge in [-0.3, -0.25) is 0 Å². The summed E-state index contributed by atoms with van der Waals surface area (Å²) in [5, 5.41) is 113. The third kappa shape index (κ3) is 9.83. The van der Waals surface area contributed by atoms with Gasteiger partial charge in [0.05, 0.1) is 25.9 Å². The second-order valence-corrected chi connectivity index (χ2v) is 13.1. The number of rotatable bonds is 13. The van der Waals surface area contributed by atoms with Crippen molar-refractivity contribution in [2.45, 2.75) is 105 Å². The van der Waals surface area contributed by atoms with Gasteiger partial charge in [-0.2, -0.15) is 0 Å². The summed E-state index contributed by atoms with van der Waals surface area (Å²) < 4.78 is 40.3. The van der Waals surface area contributed by atoms with Gasteiger partial charge < -0.3 is 89.3 Å². The Morgan fingerprint density at radius 1 is 0.704 bits per heavy atom. The standard InChI is InChI=1S/C35H46O19/c1-15-24(41)26(43)29(46)35(50-15)54-32-30(47)34(48-11-10-17-4-8-19(38)20(39)12-17)52-22(14-49-33-28(45)27(44)25(42)21(13-36)51-33)31(32)53-23(40)9-5-16-2-6-18(37)7-3-16/h2-9,12,15,21-22,24-39,41-47H,10-11,13-14H2,1H3/b9-5+/t15-,21+,22+,24+,25+,26+,27-,28+,29+,30+,31+,32+,33+,34+,35-/m0/s1. The zero-order chi connectivity index (χ0) is 39.3. The van der Waals surface area contributed by atoms with E-state index < -0.39 is 111 Å². The molecule has 3 aliphatic heterocycles. The number of esters is 1. The quantitative estimate of drug-likeness (QED) is 0.0553. The molecule has 0 unspecified atom stereocenters. The molecule has 0 spiro atoms. The minimum Gasteiger partial charge on any atom is -0.508 e. The van der Waals surface area contributed by atoms with Gasteiger partial charge in [0.2, 0.25) is 0 Å². The molecular formula is C35H46O19. The highest BCUT2D eigenvalue weighted by Crippen LogP contribution is 2.33. The van der Waals surface area contributed by atoms with Crippen molar-refractivity contribution in [2.24, 2.45) is 0 Å². The number of phenolic OH excluding ortho intramolecular Hbond substituents is 3. The summed E-state index contributed by atoms with van der Waals surface area (Å²) in [6, 6.07) is 9.88. The van der Waals surface area contributed by atoms with Gasteiger partial charge in [-0.05, 0) is 54.8 Å². The molecule has 19 nitrogen and oxygen atoms in total. The minimum absolute atomic E-state index is 0.0117. The van der Waals surface area contributed by atoms with Crippen LogP contribution in [0, 0.1) is 0 Å². The molecule has 19 heteroatoms. The average Bonchev–Trinajstić information content (AvgIpc) is 3.15. The van der Waals surface area contributed by atoms with Gasteiger partial charge in [0, 0.05) is 6.08 Å². The fraction of sp³-hybridized carbons (Fsp3) is 0.571. The summed E-state index contributed by atoms with van der Waals surface area (Å²) in [5.41, 5.74) is 1.02. The molecule has 54 heavy (non-hydrogen) atoms. The Bertz CT molecular complexity index is 1540. The Kier molecular flexibility index (Phi) is 14.2. The summed E-state index contributed by atoms with van der Waals surface area (Å²) in [5.74, 6) is -1.74. The SMILES string of the molecule is C[C@@H]1O[C@@H](O[C@@H]2[C@@H](O)[C@H](OCCc3ccc(O)c(O)c3)O[C@H](CO[C@@H]3O[C@H](CO)[C@@H](O)[C@H](O)[C@H]3O)[C@H]2OC(=O)/C=C/c2ccc(O)cc2)[C@H](O)[C@H](O)[C@@H]1O. The first-order chi connectivity index (χ1) is 25.7.